The Morgan fingerprint density at radius 2 is 1.63 bits per heavy atom. The van der Waals surface area contributed by atoms with Crippen LogP contribution in [-0.4, -0.2) is 29.7 Å². The lowest BCUT2D eigenvalue weighted by Crippen LogP contribution is -2.19. The van der Waals surface area contributed by atoms with Crippen LogP contribution >= 0.6 is 0 Å². The van der Waals surface area contributed by atoms with Gasteiger partial charge in [-0.05, 0) is 80.8 Å². The van der Waals surface area contributed by atoms with Gasteiger partial charge in [0, 0.05) is 16.5 Å². The fourth-order valence-corrected chi connectivity index (χ4v) is 4.76. The fourth-order valence-electron chi connectivity index (χ4n) is 4.76. The zero-order chi connectivity index (χ0) is 28.9. The predicted molar refractivity (Wildman–Crippen MR) is 162 cm³/mol. The Labute approximate surface area is 238 Å². The Kier molecular flexibility index (Phi) is 7.97. The monoisotopic (exact) mass is 545 g/mol. The molecule has 7 heteroatoms. The Bertz CT molecular complexity index is 1750. The topological polar surface area (TPSA) is 92.8 Å². The second-order valence-corrected chi connectivity index (χ2v) is 9.84. The van der Waals surface area contributed by atoms with Crippen LogP contribution in [0.1, 0.15) is 50.0 Å². The molecule has 0 aliphatic carbocycles. The van der Waals surface area contributed by atoms with Gasteiger partial charge in [0.25, 0.3) is 5.91 Å². The lowest BCUT2D eigenvalue weighted by Gasteiger charge is -2.11. The summed E-state index contributed by atoms with van der Waals surface area (Å²) in [6.07, 6.45) is 1.52. The molecular weight excluding hydrogens is 514 g/mol. The quantitative estimate of drug-likeness (QED) is 0.0938. The number of carbonyl (C=O) groups excluding carboxylic acids is 2. The molecule has 206 valence electrons. The smallest absolute Gasteiger partial charge is 0.343 e. The van der Waals surface area contributed by atoms with Crippen molar-refractivity contribution in [2.75, 3.05) is 6.61 Å². The van der Waals surface area contributed by atoms with Crippen LogP contribution < -0.4 is 14.9 Å². The highest BCUT2D eigenvalue weighted by molar-refractivity contribution is 6.10. The Balaban J connectivity index is 1.37. The lowest BCUT2D eigenvalue weighted by molar-refractivity contribution is 0.0728. The molecule has 0 saturated carbocycles. The zero-order valence-electron chi connectivity index (χ0n) is 23.4. The van der Waals surface area contributed by atoms with Gasteiger partial charge in [-0.25, -0.2) is 10.2 Å². The standard InChI is InChI=1S/C34H31N3O4/c1-5-40-29-19-24(13-16-28(29)41-34(39)26-14-11-21(2)12-15-26)20-35-37-33(38)32-30(25-9-7-6-8-10-25)27-18-22(3)17-23(4)31(27)36-32/h6-20,36H,5H2,1-4H3,(H,37,38). The van der Waals surface area contributed by atoms with E-state index in [4.69, 9.17) is 9.47 Å². The van der Waals surface area contributed by atoms with Crippen LogP contribution in [0, 0.1) is 20.8 Å². The summed E-state index contributed by atoms with van der Waals surface area (Å²) in [6.45, 7) is 8.26. The van der Waals surface area contributed by atoms with Gasteiger partial charge in [-0.1, -0.05) is 59.7 Å². The number of hydrazone groups is 1. The normalized spacial score (nSPS) is 11.1. The summed E-state index contributed by atoms with van der Waals surface area (Å²) in [5, 5.41) is 5.19. The SMILES string of the molecule is CCOc1cc(C=NNC(=O)c2[nH]c3c(C)cc(C)cc3c2-c2ccccc2)ccc1OC(=O)c1ccc(C)cc1. The number of hydrogen-bond donors (Lipinski definition) is 2. The van der Waals surface area contributed by atoms with Gasteiger partial charge in [0.1, 0.15) is 5.69 Å². The van der Waals surface area contributed by atoms with Crippen LogP contribution in [0.2, 0.25) is 0 Å². The van der Waals surface area contributed by atoms with E-state index >= 15 is 0 Å². The van der Waals surface area contributed by atoms with E-state index in [1.165, 1.54) is 6.21 Å². The minimum Gasteiger partial charge on any atom is -0.490 e. The van der Waals surface area contributed by atoms with Gasteiger partial charge in [-0.2, -0.15) is 5.10 Å². The summed E-state index contributed by atoms with van der Waals surface area (Å²) in [5.74, 6) is -0.134. The third-order valence-electron chi connectivity index (χ3n) is 6.68. The van der Waals surface area contributed by atoms with Crippen LogP contribution in [0.25, 0.3) is 22.0 Å². The summed E-state index contributed by atoms with van der Waals surface area (Å²) in [6, 6.07) is 26.3. The van der Waals surface area contributed by atoms with E-state index in [2.05, 4.69) is 27.6 Å². The van der Waals surface area contributed by atoms with E-state index in [1.807, 2.05) is 70.2 Å². The maximum Gasteiger partial charge on any atom is 0.343 e. The first-order valence-corrected chi connectivity index (χ1v) is 13.4. The van der Waals surface area contributed by atoms with Gasteiger partial charge in [-0.3, -0.25) is 4.79 Å². The minimum absolute atomic E-state index is 0.301. The van der Waals surface area contributed by atoms with Crippen molar-refractivity contribution in [3.8, 4) is 22.6 Å². The number of carbonyl (C=O) groups is 2. The van der Waals surface area contributed by atoms with Crippen molar-refractivity contribution in [2.45, 2.75) is 27.7 Å². The average Bonchev–Trinajstić information content (AvgIpc) is 3.35. The molecule has 0 saturated heterocycles. The summed E-state index contributed by atoms with van der Waals surface area (Å²) < 4.78 is 11.3. The molecule has 0 unspecified atom stereocenters. The number of amides is 1. The Morgan fingerprint density at radius 3 is 2.37 bits per heavy atom. The number of nitrogens with zero attached hydrogens (tertiary/aromatic N) is 1. The van der Waals surface area contributed by atoms with Crippen LogP contribution in [-0.2, 0) is 0 Å². The van der Waals surface area contributed by atoms with Gasteiger partial charge in [0.15, 0.2) is 11.5 Å². The molecule has 1 heterocycles. The highest BCUT2D eigenvalue weighted by Gasteiger charge is 2.20. The summed E-state index contributed by atoms with van der Waals surface area (Å²) in [7, 11) is 0. The maximum atomic E-state index is 13.4. The number of hydrogen-bond acceptors (Lipinski definition) is 5. The van der Waals surface area contributed by atoms with Gasteiger partial charge in [-0.15, -0.1) is 0 Å². The van der Waals surface area contributed by atoms with Crippen molar-refractivity contribution in [1.82, 2.24) is 10.4 Å². The molecule has 0 atom stereocenters. The van der Waals surface area contributed by atoms with E-state index in [0.29, 0.717) is 34.9 Å². The molecule has 5 aromatic rings. The first kappa shape index (κ1) is 27.4. The van der Waals surface area contributed by atoms with Crippen molar-refractivity contribution in [1.29, 1.82) is 0 Å². The molecule has 2 N–H and O–H groups in total. The first-order chi connectivity index (χ1) is 19.8. The van der Waals surface area contributed by atoms with Gasteiger partial charge < -0.3 is 14.5 Å². The maximum absolute atomic E-state index is 13.4. The first-order valence-electron chi connectivity index (χ1n) is 13.4. The fraction of sp³-hybridized carbons (Fsp3) is 0.147. The molecule has 1 amide bonds. The zero-order valence-corrected chi connectivity index (χ0v) is 23.4. The number of ether oxygens (including phenoxy) is 2. The number of aromatic nitrogens is 1. The molecule has 7 nitrogen and oxygen atoms in total. The molecule has 0 aliphatic rings. The molecule has 1 aromatic heterocycles. The molecule has 0 spiro atoms. The second-order valence-electron chi connectivity index (χ2n) is 9.84. The van der Waals surface area contributed by atoms with Crippen molar-refractivity contribution in [3.05, 3.63) is 118 Å². The average molecular weight is 546 g/mol. The minimum atomic E-state index is -0.474. The lowest BCUT2D eigenvalue weighted by atomic mass is 9.99. The van der Waals surface area contributed by atoms with Crippen molar-refractivity contribution in [3.63, 3.8) is 0 Å². The van der Waals surface area contributed by atoms with E-state index in [1.54, 1.807) is 30.3 Å². The number of nitrogens with one attached hydrogen (secondary N) is 2. The predicted octanol–water partition coefficient (Wildman–Crippen LogP) is 7.14. The number of esters is 1. The molecule has 0 fully saturated rings. The Morgan fingerprint density at radius 1 is 0.878 bits per heavy atom. The third-order valence-corrected chi connectivity index (χ3v) is 6.68. The molecule has 4 aromatic carbocycles. The van der Waals surface area contributed by atoms with E-state index in [-0.39, 0.29) is 5.91 Å². The molecule has 5 rings (SSSR count). The number of benzene rings is 4. The molecule has 0 radical (unpaired) electrons. The van der Waals surface area contributed by atoms with Gasteiger partial charge in [0.05, 0.1) is 18.4 Å². The summed E-state index contributed by atoms with van der Waals surface area (Å²) >= 11 is 0. The number of aromatic amines is 1. The van der Waals surface area contributed by atoms with E-state index in [0.717, 1.165) is 38.7 Å². The number of aryl methyl sites for hydroxylation is 3. The molecule has 0 aliphatic heterocycles. The highest BCUT2D eigenvalue weighted by atomic mass is 16.6. The Hall–Kier alpha value is -5.17. The second kappa shape index (κ2) is 11.9. The van der Waals surface area contributed by atoms with Crippen molar-refractivity contribution < 1.29 is 19.1 Å². The number of fused-ring (bicyclic) bond motifs is 1. The van der Waals surface area contributed by atoms with Gasteiger partial charge >= 0.3 is 5.97 Å². The van der Waals surface area contributed by atoms with Crippen LogP contribution in [0.5, 0.6) is 11.5 Å². The summed E-state index contributed by atoms with van der Waals surface area (Å²) in [5.41, 5.74) is 10.1. The molecular formula is C34H31N3O4. The molecule has 0 bridgehead atoms. The van der Waals surface area contributed by atoms with E-state index < -0.39 is 5.97 Å². The largest absolute Gasteiger partial charge is 0.490 e. The van der Waals surface area contributed by atoms with Crippen molar-refractivity contribution >= 4 is 29.0 Å². The molecule has 41 heavy (non-hydrogen) atoms. The van der Waals surface area contributed by atoms with Gasteiger partial charge in [0.2, 0.25) is 0 Å². The summed E-state index contributed by atoms with van der Waals surface area (Å²) in [4.78, 5) is 29.3. The number of H-pyrrole nitrogens is 1. The van der Waals surface area contributed by atoms with Crippen molar-refractivity contribution in [2.24, 2.45) is 5.10 Å². The third kappa shape index (κ3) is 6.04. The van der Waals surface area contributed by atoms with Crippen LogP contribution in [0.3, 0.4) is 0 Å². The number of rotatable bonds is 8. The highest BCUT2D eigenvalue weighted by Crippen LogP contribution is 2.35. The van der Waals surface area contributed by atoms with Crippen LogP contribution in [0.4, 0.5) is 0 Å². The van der Waals surface area contributed by atoms with Crippen LogP contribution in [0.15, 0.2) is 90.0 Å². The van der Waals surface area contributed by atoms with E-state index in [9.17, 15) is 9.59 Å².